The first-order valence-corrected chi connectivity index (χ1v) is 7.65. The van der Waals surface area contributed by atoms with Gasteiger partial charge in [0.05, 0.1) is 11.8 Å². The highest BCUT2D eigenvalue weighted by Crippen LogP contribution is 2.39. The highest BCUT2D eigenvalue weighted by Gasteiger charge is 2.27. The summed E-state index contributed by atoms with van der Waals surface area (Å²) in [7, 11) is 1.90. The van der Waals surface area contributed by atoms with E-state index in [4.69, 9.17) is 9.72 Å². The molecule has 0 atom stereocenters. The number of aromatic nitrogens is 2. The molecule has 2 aromatic rings. The summed E-state index contributed by atoms with van der Waals surface area (Å²) < 4.78 is 5.88. The second-order valence-electron chi connectivity index (χ2n) is 5.87. The fraction of sp³-hybridized carbons (Fsp3) is 0.412. The molecule has 2 aliphatic carbocycles. The molecule has 1 heterocycles. The van der Waals surface area contributed by atoms with Crippen molar-refractivity contribution in [2.45, 2.75) is 37.7 Å². The maximum absolute atomic E-state index is 5.88. The summed E-state index contributed by atoms with van der Waals surface area (Å²) in [4.78, 5) is 9.31. The molecular formula is C17H19N3O. The lowest BCUT2D eigenvalue weighted by atomic mass is 10.1. The second-order valence-corrected chi connectivity index (χ2v) is 5.87. The first-order valence-electron chi connectivity index (χ1n) is 7.65. The topological polar surface area (TPSA) is 47.0 Å². The lowest BCUT2D eigenvalue weighted by molar-refractivity contribution is 0.303. The first-order chi connectivity index (χ1) is 10.3. The van der Waals surface area contributed by atoms with E-state index in [1.807, 2.05) is 25.2 Å². The van der Waals surface area contributed by atoms with Crippen molar-refractivity contribution in [2.24, 2.45) is 0 Å². The van der Waals surface area contributed by atoms with Crippen molar-refractivity contribution >= 4 is 5.82 Å². The van der Waals surface area contributed by atoms with Gasteiger partial charge in [0.15, 0.2) is 0 Å². The Kier molecular flexibility index (Phi) is 3.02. The minimum absolute atomic E-state index is 0.417. The molecule has 1 N–H and O–H groups in total. The first kappa shape index (κ1) is 12.6. The van der Waals surface area contributed by atoms with Crippen molar-refractivity contribution in [1.82, 2.24) is 9.97 Å². The van der Waals surface area contributed by atoms with Crippen LogP contribution in [0.2, 0.25) is 0 Å². The molecule has 2 fully saturated rings. The van der Waals surface area contributed by atoms with Gasteiger partial charge in [0.1, 0.15) is 17.4 Å². The summed E-state index contributed by atoms with van der Waals surface area (Å²) in [6, 6.07) is 10.2. The lowest BCUT2D eigenvalue weighted by Crippen LogP contribution is -2.01. The Morgan fingerprint density at radius 2 is 1.95 bits per heavy atom. The third-order valence-electron chi connectivity index (χ3n) is 3.90. The standard InChI is InChI=1S/C17H19N3O/c1-18-16-10-15(19-17(20-16)11-5-6-11)12-3-2-4-14(9-12)21-13-7-8-13/h2-4,9-11,13H,5-8H2,1H3,(H,18,19,20). The van der Waals surface area contributed by atoms with Gasteiger partial charge in [-0.3, -0.25) is 0 Å². The van der Waals surface area contributed by atoms with Crippen molar-refractivity contribution in [1.29, 1.82) is 0 Å². The molecule has 1 aromatic heterocycles. The van der Waals surface area contributed by atoms with Crippen LogP contribution < -0.4 is 10.1 Å². The van der Waals surface area contributed by atoms with Crippen LogP contribution >= 0.6 is 0 Å². The molecule has 2 saturated carbocycles. The summed E-state index contributed by atoms with van der Waals surface area (Å²) in [6.45, 7) is 0. The van der Waals surface area contributed by atoms with E-state index in [-0.39, 0.29) is 0 Å². The van der Waals surface area contributed by atoms with E-state index in [2.05, 4.69) is 22.4 Å². The molecule has 0 bridgehead atoms. The highest BCUT2D eigenvalue weighted by atomic mass is 16.5. The maximum Gasteiger partial charge on any atom is 0.134 e. The van der Waals surface area contributed by atoms with E-state index in [1.165, 1.54) is 25.7 Å². The Morgan fingerprint density at radius 1 is 1.10 bits per heavy atom. The number of anilines is 1. The van der Waals surface area contributed by atoms with E-state index in [0.717, 1.165) is 28.6 Å². The lowest BCUT2D eigenvalue weighted by Gasteiger charge is -2.09. The maximum atomic E-state index is 5.88. The molecule has 4 rings (SSSR count). The molecule has 4 heteroatoms. The molecular weight excluding hydrogens is 262 g/mol. The zero-order valence-corrected chi connectivity index (χ0v) is 12.2. The van der Waals surface area contributed by atoms with Gasteiger partial charge in [0, 0.05) is 24.6 Å². The van der Waals surface area contributed by atoms with E-state index in [9.17, 15) is 0 Å². The van der Waals surface area contributed by atoms with Crippen LogP contribution in [0.3, 0.4) is 0 Å². The van der Waals surface area contributed by atoms with Crippen LogP contribution in [0.25, 0.3) is 11.3 Å². The molecule has 4 nitrogen and oxygen atoms in total. The summed E-state index contributed by atoms with van der Waals surface area (Å²) in [6.07, 6.45) is 5.18. The smallest absolute Gasteiger partial charge is 0.134 e. The van der Waals surface area contributed by atoms with E-state index in [1.54, 1.807) is 0 Å². The van der Waals surface area contributed by atoms with Gasteiger partial charge in [0.25, 0.3) is 0 Å². The zero-order valence-electron chi connectivity index (χ0n) is 12.2. The number of benzene rings is 1. The summed E-state index contributed by atoms with van der Waals surface area (Å²) in [5.41, 5.74) is 2.06. The van der Waals surface area contributed by atoms with Crippen LogP contribution in [0.15, 0.2) is 30.3 Å². The molecule has 1 aromatic carbocycles. The summed E-state index contributed by atoms with van der Waals surface area (Å²) >= 11 is 0. The van der Waals surface area contributed by atoms with Gasteiger partial charge >= 0.3 is 0 Å². The van der Waals surface area contributed by atoms with Crippen molar-refractivity contribution in [3.63, 3.8) is 0 Å². The third kappa shape index (κ3) is 2.84. The molecule has 0 saturated heterocycles. The van der Waals surface area contributed by atoms with Crippen LogP contribution in [0.5, 0.6) is 5.75 Å². The van der Waals surface area contributed by atoms with Crippen molar-refractivity contribution in [3.8, 4) is 17.0 Å². The summed E-state index contributed by atoms with van der Waals surface area (Å²) in [5.74, 6) is 3.33. The van der Waals surface area contributed by atoms with Crippen molar-refractivity contribution in [3.05, 3.63) is 36.2 Å². The molecule has 2 aliphatic rings. The SMILES string of the molecule is CNc1cc(-c2cccc(OC3CC3)c2)nc(C2CC2)n1. The number of nitrogens with one attached hydrogen (secondary N) is 1. The quantitative estimate of drug-likeness (QED) is 0.909. The third-order valence-corrected chi connectivity index (χ3v) is 3.90. The zero-order chi connectivity index (χ0) is 14.2. The Labute approximate surface area is 124 Å². The number of ether oxygens (including phenoxy) is 1. The van der Waals surface area contributed by atoms with Gasteiger partial charge in [0.2, 0.25) is 0 Å². The van der Waals surface area contributed by atoms with Gasteiger partial charge < -0.3 is 10.1 Å². The highest BCUT2D eigenvalue weighted by molar-refractivity contribution is 5.64. The van der Waals surface area contributed by atoms with Gasteiger partial charge in [-0.2, -0.15) is 0 Å². The fourth-order valence-corrected chi connectivity index (χ4v) is 2.37. The van der Waals surface area contributed by atoms with E-state index < -0.39 is 0 Å². The largest absolute Gasteiger partial charge is 0.490 e. The minimum atomic E-state index is 0.417. The molecule has 0 spiro atoms. The normalized spacial score (nSPS) is 17.6. The van der Waals surface area contributed by atoms with Crippen LogP contribution in [-0.4, -0.2) is 23.1 Å². The Morgan fingerprint density at radius 3 is 2.67 bits per heavy atom. The average Bonchev–Trinajstić information content (AvgIpc) is 3.40. The van der Waals surface area contributed by atoms with Gasteiger partial charge in [-0.15, -0.1) is 0 Å². The van der Waals surface area contributed by atoms with Crippen LogP contribution in [0.4, 0.5) is 5.82 Å². The van der Waals surface area contributed by atoms with E-state index in [0.29, 0.717) is 12.0 Å². The number of nitrogens with zero attached hydrogens (tertiary/aromatic N) is 2. The van der Waals surface area contributed by atoms with Gasteiger partial charge in [-0.1, -0.05) is 12.1 Å². The van der Waals surface area contributed by atoms with E-state index >= 15 is 0 Å². The van der Waals surface area contributed by atoms with Crippen LogP contribution in [0, 0.1) is 0 Å². The predicted octanol–water partition coefficient (Wildman–Crippen LogP) is 3.60. The van der Waals surface area contributed by atoms with Gasteiger partial charge in [-0.05, 0) is 37.8 Å². The Hall–Kier alpha value is -2.10. The predicted molar refractivity (Wildman–Crippen MR) is 82.6 cm³/mol. The van der Waals surface area contributed by atoms with Crippen LogP contribution in [0.1, 0.15) is 37.4 Å². The minimum Gasteiger partial charge on any atom is -0.490 e. The number of hydrogen-bond acceptors (Lipinski definition) is 4. The Bertz CT molecular complexity index is 663. The van der Waals surface area contributed by atoms with Crippen LogP contribution in [-0.2, 0) is 0 Å². The summed E-state index contributed by atoms with van der Waals surface area (Å²) in [5, 5.41) is 3.13. The Balaban J connectivity index is 1.69. The van der Waals surface area contributed by atoms with Crippen molar-refractivity contribution < 1.29 is 4.74 Å². The molecule has 108 valence electrons. The monoisotopic (exact) mass is 281 g/mol. The van der Waals surface area contributed by atoms with Crippen molar-refractivity contribution in [2.75, 3.05) is 12.4 Å². The second kappa shape index (κ2) is 5.02. The number of hydrogen-bond donors (Lipinski definition) is 1. The molecule has 21 heavy (non-hydrogen) atoms. The number of rotatable bonds is 5. The molecule has 0 aliphatic heterocycles. The fourth-order valence-electron chi connectivity index (χ4n) is 2.37. The molecule has 0 radical (unpaired) electrons. The molecule has 0 unspecified atom stereocenters. The molecule has 0 amide bonds. The average molecular weight is 281 g/mol. The van der Waals surface area contributed by atoms with Gasteiger partial charge in [-0.25, -0.2) is 9.97 Å².